The molecule has 1 aliphatic heterocycles. The zero-order valence-corrected chi connectivity index (χ0v) is 17.2. The Bertz CT molecular complexity index is 775. The molecule has 2 aromatic rings. The van der Waals surface area contributed by atoms with Gasteiger partial charge in [0, 0.05) is 13.6 Å². The molecule has 0 N–H and O–H groups in total. The molecule has 0 bridgehead atoms. The molecule has 3 rings (SSSR count). The van der Waals surface area contributed by atoms with Gasteiger partial charge in [0.1, 0.15) is 0 Å². The lowest BCUT2D eigenvalue weighted by Crippen LogP contribution is -2.39. The first-order valence-corrected chi connectivity index (χ1v) is 9.53. The second kappa shape index (κ2) is 10.1. The number of nitrogens with zero attached hydrogens (tertiary/aromatic N) is 2. The van der Waals surface area contributed by atoms with Crippen LogP contribution in [0.25, 0.3) is 0 Å². The highest BCUT2D eigenvalue weighted by molar-refractivity contribution is 5.85. The standard InChI is InChI=1S/C22H25F3N2O.ClH/c1-26(21(28)15-17-9-11-19(12-10-17)22(23,24)25)20(16-27-13-5-6-14-27)18-7-3-2-4-8-18;/h2-4,7-12,20H,5-6,13-16H2,1H3;1H/t20-;/m1./s1. The first kappa shape index (κ1) is 23.2. The molecule has 3 nitrogen and oxygen atoms in total. The molecule has 1 fully saturated rings. The number of likely N-dealkylation sites (tertiary alicyclic amines) is 1. The molecule has 0 aliphatic carbocycles. The number of carbonyl (C=O) groups excluding carboxylic acids is 1. The number of carbonyl (C=O) groups is 1. The Morgan fingerprint density at radius 3 is 2.17 bits per heavy atom. The summed E-state index contributed by atoms with van der Waals surface area (Å²) in [5, 5.41) is 0. The van der Waals surface area contributed by atoms with E-state index in [9.17, 15) is 18.0 Å². The largest absolute Gasteiger partial charge is 0.416 e. The minimum absolute atomic E-state index is 0. The summed E-state index contributed by atoms with van der Waals surface area (Å²) in [7, 11) is 1.78. The van der Waals surface area contributed by atoms with Crippen molar-refractivity contribution in [2.45, 2.75) is 31.5 Å². The van der Waals surface area contributed by atoms with E-state index in [-0.39, 0.29) is 30.8 Å². The van der Waals surface area contributed by atoms with E-state index in [0.29, 0.717) is 5.56 Å². The predicted molar refractivity (Wildman–Crippen MR) is 110 cm³/mol. The fourth-order valence-electron chi connectivity index (χ4n) is 3.62. The second-order valence-electron chi connectivity index (χ2n) is 7.31. The molecule has 0 aromatic heterocycles. The summed E-state index contributed by atoms with van der Waals surface area (Å²) in [5.41, 5.74) is 0.948. The van der Waals surface area contributed by atoms with E-state index < -0.39 is 11.7 Å². The van der Waals surface area contributed by atoms with Crippen molar-refractivity contribution in [1.29, 1.82) is 0 Å². The van der Waals surface area contributed by atoms with E-state index in [1.807, 2.05) is 30.3 Å². The number of hydrogen-bond donors (Lipinski definition) is 0. The zero-order valence-electron chi connectivity index (χ0n) is 16.4. The van der Waals surface area contributed by atoms with Crippen LogP contribution in [0.15, 0.2) is 54.6 Å². The van der Waals surface area contributed by atoms with Gasteiger partial charge in [-0.3, -0.25) is 4.79 Å². The maximum atomic E-state index is 12.9. The van der Waals surface area contributed by atoms with E-state index in [1.54, 1.807) is 11.9 Å². The summed E-state index contributed by atoms with van der Waals surface area (Å²) in [6.45, 7) is 2.83. The molecular weight excluding hydrogens is 401 g/mol. The number of benzene rings is 2. The third-order valence-electron chi connectivity index (χ3n) is 5.31. The number of amides is 1. The van der Waals surface area contributed by atoms with Gasteiger partial charge >= 0.3 is 6.18 Å². The molecule has 158 valence electrons. The quantitative estimate of drug-likeness (QED) is 0.651. The molecule has 0 spiro atoms. The van der Waals surface area contributed by atoms with Crippen LogP contribution >= 0.6 is 12.4 Å². The van der Waals surface area contributed by atoms with Crippen LogP contribution in [0.1, 0.15) is 35.6 Å². The van der Waals surface area contributed by atoms with Crippen LogP contribution in [-0.2, 0) is 17.4 Å². The van der Waals surface area contributed by atoms with Gasteiger partial charge in [0.2, 0.25) is 5.91 Å². The molecule has 1 saturated heterocycles. The van der Waals surface area contributed by atoms with Crippen LogP contribution in [0.2, 0.25) is 0 Å². The molecule has 1 aliphatic rings. The zero-order chi connectivity index (χ0) is 20.1. The van der Waals surface area contributed by atoms with Crippen molar-refractivity contribution >= 4 is 18.3 Å². The highest BCUT2D eigenvalue weighted by Crippen LogP contribution is 2.29. The van der Waals surface area contributed by atoms with E-state index in [0.717, 1.165) is 37.3 Å². The molecule has 1 heterocycles. The first-order chi connectivity index (χ1) is 13.3. The van der Waals surface area contributed by atoms with Crippen molar-refractivity contribution in [3.8, 4) is 0 Å². The summed E-state index contributed by atoms with van der Waals surface area (Å²) in [6.07, 6.45) is -1.94. The van der Waals surface area contributed by atoms with E-state index in [4.69, 9.17) is 0 Å². The van der Waals surface area contributed by atoms with Crippen LogP contribution in [0.3, 0.4) is 0 Å². The van der Waals surface area contributed by atoms with Crippen LogP contribution < -0.4 is 0 Å². The van der Waals surface area contributed by atoms with Crippen molar-refractivity contribution < 1.29 is 18.0 Å². The average Bonchev–Trinajstić information content (AvgIpc) is 3.19. The van der Waals surface area contributed by atoms with E-state index in [2.05, 4.69) is 4.90 Å². The summed E-state index contributed by atoms with van der Waals surface area (Å²) < 4.78 is 38.2. The van der Waals surface area contributed by atoms with E-state index in [1.165, 1.54) is 25.0 Å². The maximum Gasteiger partial charge on any atom is 0.416 e. The molecule has 1 atom stereocenters. The fourth-order valence-corrected chi connectivity index (χ4v) is 3.62. The average molecular weight is 427 g/mol. The lowest BCUT2D eigenvalue weighted by atomic mass is 10.0. The lowest BCUT2D eigenvalue weighted by molar-refractivity contribution is -0.137. The monoisotopic (exact) mass is 426 g/mol. The van der Waals surface area contributed by atoms with Gasteiger partial charge in [-0.15, -0.1) is 12.4 Å². The van der Waals surface area contributed by atoms with Gasteiger partial charge in [0.15, 0.2) is 0 Å². The number of rotatable bonds is 6. The van der Waals surface area contributed by atoms with Gasteiger partial charge < -0.3 is 9.80 Å². The summed E-state index contributed by atoms with van der Waals surface area (Å²) in [6, 6.07) is 14.6. The topological polar surface area (TPSA) is 23.6 Å². The lowest BCUT2D eigenvalue weighted by Gasteiger charge is -2.32. The molecule has 0 radical (unpaired) electrons. The van der Waals surface area contributed by atoms with Crippen LogP contribution in [-0.4, -0.2) is 42.4 Å². The number of hydrogen-bond acceptors (Lipinski definition) is 2. The van der Waals surface area contributed by atoms with Gasteiger partial charge in [0.25, 0.3) is 0 Å². The van der Waals surface area contributed by atoms with Crippen LogP contribution in [0.4, 0.5) is 13.2 Å². The SMILES string of the molecule is CN(C(=O)Cc1ccc(C(F)(F)F)cc1)[C@H](CN1CCCC1)c1ccccc1.Cl. The number of halogens is 4. The minimum atomic E-state index is -4.37. The molecule has 29 heavy (non-hydrogen) atoms. The van der Waals surface area contributed by atoms with Gasteiger partial charge in [0.05, 0.1) is 18.0 Å². The summed E-state index contributed by atoms with van der Waals surface area (Å²) >= 11 is 0. The highest BCUT2D eigenvalue weighted by atomic mass is 35.5. The summed E-state index contributed by atoms with van der Waals surface area (Å²) in [4.78, 5) is 17.0. The van der Waals surface area contributed by atoms with Crippen molar-refractivity contribution in [1.82, 2.24) is 9.80 Å². The fraction of sp³-hybridized carbons (Fsp3) is 0.409. The molecule has 0 unspecified atom stereocenters. The van der Waals surface area contributed by atoms with Gasteiger partial charge in [-0.1, -0.05) is 42.5 Å². The maximum absolute atomic E-state index is 12.9. The second-order valence-corrected chi connectivity index (χ2v) is 7.31. The Morgan fingerprint density at radius 2 is 1.62 bits per heavy atom. The van der Waals surface area contributed by atoms with Gasteiger partial charge in [-0.2, -0.15) is 13.2 Å². The number of alkyl halides is 3. The highest BCUT2D eigenvalue weighted by Gasteiger charge is 2.30. The number of likely N-dealkylation sites (N-methyl/N-ethyl adjacent to an activating group) is 1. The van der Waals surface area contributed by atoms with Gasteiger partial charge in [-0.05, 0) is 49.2 Å². The van der Waals surface area contributed by atoms with Crippen molar-refractivity contribution in [3.05, 3.63) is 71.3 Å². The van der Waals surface area contributed by atoms with Crippen LogP contribution in [0.5, 0.6) is 0 Å². The van der Waals surface area contributed by atoms with E-state index >= 15 is 0 Å². The Labute approximate surface area is 175 Å². The predicted octanol–water partition coefficient (Wildman–Crippen LogP) is 4.97. The smallest absolute Gasteiger partial charge is 0.337 e. The molecule has 7 heteroatoms. The minimum Gasteiger partial charge on any atom is -0.337 e. The molecule has 1 amide bonds. The Hall–Kier alpha value is -2.05. The molecule has 0 saturated carbocycles. The third-order valence-corrected chi connectivity index (χ3v) is 5.31. The molecular formula is C22H26ClF3N2O. The van der Waals surface area contributed by atoms with Crippen LogP contribution in [0, 0.1) is 0 Å². The van der Waals surface area contributed by atoms with Crippen molar-refractivity contribution in [3.63, 3.8) is 0 Å². The summed E-state index contributed by atoms with van der Waals surface area (Å²) in [5.74, 6) is -0.104. The van der Waals surface area contributed by atoms with Gasteiger partial charge in [-0.25, -0.2) is 0 Å². The Kier molecular flexibility index (Phi) is 8.11. The van der Waals surface area contributed by atoms with Crippen molar-refractivity contribution in [2.24, 2.45) is 0 Å². The first-order valence-electron chi connectivity index (χ1n) is 9.53. The molecule has 2 aromatic carbocycles. The third kappa shape index (κ3) is 6.21. The Morgan fingerprint density at radius 1 is 1.03 bits per heavy atom. The van der Waals surface area contributed by atoms with Crippen molar-refractivity contribution in [2.75, 3.05) is 26.7 Å². The normalized spacial score (nSPS) is 15.6. The Balaban J connectivity index is 0.00000300.